The predicted molar refractivity (Wildman–Crippen MR) is 77.0 cm³/mol. The van der Waals surface area contributed by atoms with Crippen molar-refractivity contribution in [2.24, 2.45) is 0 Å². The molecule has 1 aliphatic heterocycles. The standard InChI is InChI=1S/C16H24N2/c1-2-4-9-15(8-3-1)18-12-14-7-5-6-13-10-11-17-16(13)14/h5-7,15,17-18H,1-4,8-12H2. The average Bonchev–Trinajstić information content (AvgIpc) is 2.73. The number of para-hydroxylation sites is 1. The highest BCUT2D eigenvalue weighted by atomic mass is 14.9. The van der Waals surface area contributed by atoms with Crippen molar-refractivity contribution in [1.29, 1.82) is 0 Å². The van der Waals surface area contributed by atoms with Gasteiger partial charge in [0, 0.05) is 24.8 Å². The fourth-order valence-corrected chi connectivity index (χ4v) is 3.30. The molecule has 2 nitrogen and oxygen atoms in total. The highest BCUT2D eigenvalue weighted by molar-refractivity contribution is 5.61. The second-order valence-electron chi connectivity index (χ2n) is 5.70. The third-order valence-electron chi connectivity index (χ3n) is 4.37. The fraction of sp³-hybridized carbons (Fsp3) is 0.625. The summed E-state index contributed by atoms with van der Waals surface area (Å²) in [5.74, 6) is 0. The summed E-state index contributed by atoms with van der Waals surface area (Å²) in [7, 11) is 0. The Kier molecular flexibility index (Phi) is 3.84. The van der Waals surface area contributed by atoms with Gasteiger partial charge in [-0.05, 0) is 30.4 Å². The topological polar surface area (TPSA) is 24.1 Å². The summed E-state index contributed by atoms with van der Waals surface area (Å²) in [4.78, 5) is 0. The molecule has 1 heterocycles. The maximum atomic E-state index is 3.77. The van der Waals surface area contributed by atoms with Gasteiger partial charge in [0.05, 0.1) is 0 Å². The van der Waals surface area contributed by atoms with Gasteiger partial charge in [0.1, 0.15) is 0 Å². The van der Waals surface area contributed by atoms with Crippen molar-refractivity contribution in [2.75, 3.05) is 11.9 Å². The van der Waals surface area contributed by atoms with Gasteiger partial charge in [-0.2, -0.15) is 0 Å². The Hall–Kier alpha value is -1.02. The molecule has 98 valence electrons. The van der Waals surface area contributed by atoms with Crippen LogP contribution in [0.5, 0.6) is 0 Å². The zero-order valence-corrected chi connectivity index (χ0v) is 11.2. The molecule has 0 unspecified atom stereocenters. The second kappa shape index (κ2) is 5.75. The first-order chi connectivity index (χ1) is 8.93. The van der Waals surface area contributed by atoms with E-state index >= 15 is 0 Å². The SMILES string of the molecule is c1cc2c(c(CNC3CCCCCC3)c1)NCC2. The lowest BCUT2D eigenvalue weighted by molar-refractivity contribution is 0.459. The Balaban J connectivity index is 1.61. The number of benzene rings is 1. The summed E-state index contributed by atoms with van der Waals surface area (Å²) in [5.41, 5.74) is 4.35. The Bertz CT molecular complexity index is 392. The Labute approximate surface area is 110 Å². The number of anilines is 1. The molecule has 0 bridgehead atoms. The molecule has 2 heteroatoms. The van der Waals surface area contributed by atoms with Crippen LogP contribution in [0, 0.1) is 0 Å². The monoisotopic (exact) mass is 244 g/mol. The van der Waals surface area contributed by atoms with Crippen LogP contribution >= 0.6 is 0 Å². The van der Waals surface area contributed by atoms with Crippen LogP contribution in [-0.2, 0) is 13.0 Å². The van der Waals surface area contributed by atoms with Crippen LogP contribution in [0.15, 0.2) is 18.2 Å². The van der Waals surface area contributed by atoms with E-state index in [1.54, 1.807) is 0 Å². The quantitative estimate of drug-likeness (QED) is 0.796. The van der Waals surface area contributed by atoms with Gasteiger partial charge in [-0.15, -0.1) is 0 Å². The second-order valence-corrected chi connectivity index (χ2v) is 5.70. The lowest BCUT2D eigenvalue weighted by atomic mass is 10.1. The van der Waals surface area contributed by atoms with E-state index in [0.29, 0.717) is 0 Å². The molecule has 0 radical (unpaired) electrons. The maximum absolute atomic E-state index is 3.77. The third-order valence-corrected chi connectivity index (χ3v) is 4.37. The minimum Gasteiger partial charge on any atom is -0.384 e. The number of fused-ring (bicyclic) bond motifs is 1. The first kappa shape index (κ1) is 12.0. The van der Waals surface area contributed by atoms with E-state index in [4.69, 9.17) is 0 Å². The summed E-state index contributed by atoms with van der Waals surface area (Å²) in [6.45, 7) is 2.14. The first-order valence-electron chi connectivity index (χ1n) is 7.51. The van der Waals surface area contributed by atoms with Crippen molar-refractivity contribution >= 4 is 5.69 Å². The predicted octanol–water partition coefficient (Wildman–Crippen LogP) is 3.47. The highest BCUT2D eigenvalue weighted by Crippen LogP contribution is 2.26. The number of hydrogen-bond donors (Lipinski definition) is 2. The summed E-state index contributed by atoms with van der Waals surface area (Å²) in [6, 6.07) is 7.46. The lowest BCUT2D eigenvalue weighted by Crippen LogP contribution is -2.28. The summed E-state index contributed by atoms with van der Waals surface area (Å²) in [6.07, 6.45) is 9.59. The minimum atomic E-state index is 0.741. The smallest absolute Gasteiger partial charge is 0.0419 e. The van der Waals surface area contributed by atoms with E-state index in [9.17, 15) is 0 Å². The maximum Gasteiger partial charge on any atom is 0.0419 e. The van der Waals surface area contributed by atoms with Crippen molar-refractivity contribution in [3.8, 4) is 0 Å². The van der Waals surface area contributed by atoms with Gasteiger partial charge in [-0.1, -0.05) is 43.9 Å². The molecule has 2 aliphatic rings. The van der Waals surface area contributed by atoms with Crippen LogP contribution in [-0.4, -0.2) is 12.6 Å². The molecule has 0 aromatic heterocycles. The van der Waals surface area contributed by atoms with Gasteiger partial charge in [-0.25, -0.2) is 0 Å². The molecule has 1 saturated carbocycles. The molecule has 1 aromatic carbocycles. The third kappa shape index (κ3) is 2.69. The minimum absolute atomic E-state index is 0.741. The molecular formula is C16H24N2. The fourth-order valence-electron chi connectivity index (χ4n) is 3.30. The lowest BCUT2D eigenvalue weighted by Gasteiger charge is -2.17. The molecule has 0 amide bonds. The number of nitrogens with one attached hydrogen (secondary N) is 2. The van der Waals surface area contributed by atoms with E-state index in [-0.39, 0.29) is 0 Å². The summed E-state index contributed by atoms with van der Waals surface area (Å²) in [5, 5.41) is 7.30. The summed E-state index contributed by atoms with van der Waals surface area (Å²) >= 11 is 0. The molecule has 0 atom stereocenters. The molecule has 3 rings (SSSR count). The molecule has 1 fully saturated rings. The first-order valence-corrected chi connectivity index (χ1v) is 7.51. The van der Waals surface area contributed by atoms with E-state index < -0.39 is 0 Å². The van der Waals surface area contributed by atoms with Crippen molar-refractivity contribution in [3.63, 3.8) is 0 Å². The molecule has 0 spiro atoms. The van der Waals surface area contributed by atoms with Gasteiger partial charge >= 0.3 is 0 Å². The van der Waals surface area contributed by atoms with E-state index in [1.807, 2.05) is 0 Å². The highest BCUT2D eigenvalue weighted by Gasteiger charge is 2.15. The van der Waals surface area contributed by atoms with Crippen molar-refractivity contribution in [1.82, 2.24) is 5.32 Å². The molecule has 0 saturated heterocycles. The average molecular weight is 244 g/mol. The van der Waals surface area contributed by atoms with Crippen molar-refractivity contribution in [3.05, 3.63) is 29.3 Å². The van der Waals surface area contributed by atoms with Crippen LogP contribution in [0.2, 0.25) is 0 Å². The van der Waals surface area contributed by atoms with Crippen LogP contribution in [0.25, 0.3) is 0 Å². The van der Waals surface area contributed by atoms with E-state index in [0.717, 1.165) is 19.1 Å². The largest absolute Gasteiger partial charge is 0.384 e. The Morgan fingerprint density at radius 1 is 1.11 bits per heavy atom. The van der Waals surface area contributed by atoms with Gasteiger partial charge in [0.2, 0.25) is 0 Å². The van der Waals surface area contributed by atoms with Crippen LogP contribution < -0.4 is 10.6 Å². The molecular weight excluding hydrogens is 220 g/mol. The van der Waals surface area contributed by atoms with Crippen molar-refractivity contribution < 1.29 is 0 Å². The van der Waals surface area contributed by atoms with Gasteiger partial charge in [0.25, 0.3) is 0 Å². The van der Waals surface area contributed by atoms with Crippen LogP contribution in [0.1, 0.15) is 49.7 Å². The van der Waals surface area contributed by atoms with Gasteiger partial charge in [-0.3, -0.25) is 0 Å². The zero-order chi connectivity index (χ0) is 12.2. The Morgan fingerprint density at radius 2 is 1.94 bits per heavy atom. The normalized spacial score (nSPS) is 20.2. The van der Waals surface area contributed by atoms with Gasteiger partial charge in [0.15, 0.2) is 0 Å². The van der Waals surface area contributed by atoms with Crippen LogP contribution in [0.3, 0.4) is 0 Å². The van der Waals surface area contributed by atoms with Crippen LogP contribution in [0.4, 0.5) is 5.69 Å². The molecule has 1 aromatic rings. The summed E-state index contributed by atoms with van der Waals surface area (Å²) < 4.78 is 0. The van der Waals surface area contributed by atoms with E-state index in [1.165, 1.54) is 61.8 Å². The molecule has 1 aliphatic carbocycles. The molecule has 2 N–H and O–H groups in total. The Morgan fingerprint density at radius 3 is 2.78 bits per heavy atom. The number of rotatable bonds is 3. The van der Waals surface area contributed by atoms with E-state index in [2.05, 4.69) is 28.8 Å². The van der Waals surface area contributed by atoms with Crippen molar-refractivity contribution in [2.45, 2.75) is 57.5 Å². The van der Waals surface area contributed by atoms with Gasteiger partial charge < -0.3 is 10.6 Å². The molecule has 18 heavy (non-hydrogen) atoms. The zero-order valence-electron chi connectivity index (χ0n) is 11.2. The number of hydrogen-bond acceptors (Lipinski definition) is 2.